The molecule has 1 fully saturated rings. The monoisotopic (exact) mass is 363 g/mol. The van der Waals surface area contributed by atoms with Gasteiger partial charge in [-0.15, -0.1) is 0 Å². The number of rotatable bonds is 5. The van der Waals surface area contributed by atoms with E-state index in [9.17, 15) is 8.42 Å². The lowest BCUT2D eigenvalue weighted by atomic mass is 10.0. The van der Waals surface area contributed by atoms with Gasteiger partial charge in [-0.3, -0.25) is 4.68 Å². The Labute approximate surface area is 149 Å². The van der Waals surface area contributed by atoms with Crippen LogP contribution in [0.2, 0.25) is 0 Å². The van der Waals surface area contributed by atoms with Crippen LogP contribution in [0, 0.1) is 6.92 Å². The molecule has 1 aliphatic heterocycles. The fraction of sp³-hybridized carbons (Fsp3) is 0.588. The van der Waals surface area contributed by atoms with Crippen LogP contribution in [0.5, 0.6) is 0 Å². The Morgan fingerprint density at radius 1 is 1.28 bits per heavy atom. The molecule has 0 aromatic carbocycles. The van der Waals surface area contributed by atoms with E-state index in [0.717, 1.165) is 49.3 Å². The zero-order valence-corrected chi connectivity index (χ0v) is 15.8. The Bertz CT molecular complexity index is 846. The number of nitrogens with zero attached hydrogens (tertiary/aromatic N) is 5. The van der Waals surface area contributed by atoms with Crippen LogP contribution in [0.1, 0.15) is 50.2 Å². The van der Waals surface area contributed by atoms with Gasteiger partial charge in [-0.1, -0.05) is 13.3 Å². The van der Waals surface area contributed by atoms with Gasteiger partial charge in [0.2, 0.25) is 10.0 Å². The summed E-state index contributed by atoms with van der Waals surface area (Å²) < 4.78 is 27.8. The van der Waals surface area contributed by atoms with Gasteiger partial charge < -0.3 is 0 Å². The van der Waals surface area contributed by atoms with Gasteiger partial charge in [0.25, 0.3) is 0 Å². The summed E-state index contributed by atoms with van der Waals surface area (Å²) in [6.45, 7) is 5.38. The summed E-state index contributed by atoms with van der Waals surface area (Å²) in [5, 5.41) is 4.36. The second kappa shape index (κ2) is 7.21. The van der Waals surface area contributed by atoms with Crippen LogP contribution in [-0.2, 0) is 16.6 Å². The molecular weight excluding hydrogens is 338 g/mol. The van der Waals surface area contributed by atoms with Gasteiger partial charge in [-0.05, 0) is 38.3 Å². The Morgan fingerprint density at radius 3 is 2.80 bits per heavy atom. The molecule has 7 nitrogen and oxygen atoms in total. The normalized spacial score (nSPS) is 19.2. The van der Waals surface area contributed by atoms with Crippen LogP contribution in [0.25, 0.3) is 11.4 Å². The van der Waals surface area contributed by atoms with Crippen molar-refractivity contribution in [3.8, 4) is 11.4 Å². The number of piperidine rings is 1. The predicted molar refractivity (Wildman–Crippen MR) is 96.4 cm³/mol. The first kappa shape index (κ1) is 18.0. The van der Waals surface area contributed by atoms with Gasteiger partial charge in [-0.2, -0.15) is 9.40 Å². The highest BCUT2D eigenvalue weighted by molar-refractivity contribution is 7.88. The number of hydrogen-bond acceptors (Lipinski definition) is 5. The maximum Gasteiger partial charge on any atom is 0.211 e. The fourth-order valence-corrected chi connectivity index (χ4v) is 4.49. The summed E-state index contributed by atoms with van der Waals surface area (Å²) in [7, 11) is -3.28. The Morgan fingerprint density at radius 2 is 2.08 bits per heavy atom. The summed E-state index contributed by atoms with van der Waals surface area (Å²) in [5.74, 6) is 0.587. The summed E-state index contributed by atoms with van der Waals surface area (Å²) in [5.41, 5.74) is 2.58. The lowest BCUT2D eigenvalue weighted by molar-refractivity contribution is 0.248. The predicted octanol–water partition coefficient (Wildman–Crippen LogP) is 2.55. The van der Waals surface area contributed by atoms with Gasteiger partial charge in [-0.25, -0.2) is 18.4 Å². The topological polar surface area (TPSA) is 81.0 Å². The van der Waals surface area contributed by atoms with E-state index in [0.29, 0.717) is 12.4 Å². The van der Waals surface area contributed by atoms with Crippen LogP contribution in [-0.4, -0.2) is 45.3 Å². The van der Waals surface area contributed by atoms with E-state index < -0.39 is 10.0 Å². The van der Waals surface area contributed by atoms with Gasteiger partial charge in [0.05, 0.1) is 23.7 Å². The molecule has 3 rings (SSSR count). The minimum absolute atomic E-state index is 0.287. The van der Waals surface area contributed by atoms with Crippen molar-refractivity contribution in [2.45, 2.75) is 52.1 Å². The molecule has 0 spiro atoms. The average molecular weight is 363 g/mol. The second-order valence-electron chi connectivity index (χ2n) is 6.58. The van der Waals surface area contributed by atoms with Crippen molar-refractivity contribution in [3.63, 3.8) is 0 Å². The Hall–Kier alpha value is -1.80. The molecule has 0 N–H and O–H groups in total. The molecule has 0 radical (unpaired) electrons. The van der Waals surface area contributed by atoms with Crippen LogP contribution < -0.4 is 0 Å². The quantitative estimate of drug-likeness (QED) is 0.815. The molecule has 1 atom stereocenters. The van der Waals surface area contributed by atoms with Crippen molar-refractivity contribution in [1.29, 1.82) is 0 Å². The van der Waals surface area contributed by atoms with Crippen molar-refractivity contribution >= 4 is 10.0 Å². The van der Waals surface area contributed by atoms with Gasteiger partial charge in [0.1, 0.15) is 5.82 Å². The Balaban J connectivity index is 2.03. The fourth-order valence-electron chi connectivity index (χ4n) is 3.37. The second-order valence-corrected chi connectivity index (χ2v) is 8.51. The highest BCUT2D eigenvalue weighted by Gasteiger charge is 2.32. The first-order valence-electron chi connectivity index (χ1n) is 8.74. The minimum Gasteiger partial charge on any atom is -0.263 e. The van der Waals surface area contributed by atoms with Crippen molar-refractivity contribution in [1.82, 2.24) is 24.1 Å². The molecule has 3 heterocycles. The van der Waals surface area contributed by atoms with E-state index >= 15 is 0 Å². The van der Waals surface area contributed by atoms with Crippen molar-refractivity contribution in [2.75, 3.05) is 12.8 Å². The summed E-state index contributed by atoms with van der Waals surface area (Å²) in [6.07, 6.45) is 6.63. The molecule has 1 aliphatic rings. The van der Waals surface area contributed by atoms with E-state index in [4.69, 9.17) is 4.98 Å². The molecule has 136 valence electrons. The number of aryl methyl sites for hydroxylation is 2. The van der Waals surface area contributed by atoms with E-state index in [1.165, 1.54) is 6.26 Å². The maximum absolute atomic E-state index is 12.2. The maximum atomic E-state index is 12.2. The van der Waals surface area contributed by atoms with Crippen LogP contribution in [0.15, 0.2) is 18.3 Å². The molecule has 0 saturated carbocycles. The molecule has 25 heavy (non-hydrogen) atoms. The first-order valence-corrected chi connectivity index (χ1v) is 10.6. The highest BCUT2D eigenvalue weighted by Crippen LogP contribution is 2.32. The van der Waals surface area contributed by atoms with Gasteiger partial charge in [0, 0.05) is 25.0 Å². The zero-order valence-electron chi connectivity index (χ0n) is 15.0. The SMILES string of the molecule is CCCn1nccc1-c1cc(C)nc([C@H]2CCCCN2S(C)(=O)=O)n1. The Kier molecular flexibility index (Phi) is 5.19. The third-order valence-electron chi connectivity index (χ3n) is 4.46. The van der Waals surface area contributed by atoms with Crippen LogP contribution in [0.3, 0.4) is 0 Å². The van der Waals surface area contributed by atoms with Crippen LogP contribution in [0.4, 0.5) is 0 Å². The molecule has 0 unspecified atom stereocenters. The highest BCUT2D eigenvalue weighted by atomic mass is 32.2. The molecule has 8 heteroatoms. The molecular formula is C17H25N5O2S. The zero-order chi connectivity index (χ0) is 18.0. The number of sulfonamides is 1. The molecule has 0 aliphatic carbocycles. The van der Waals surface area contributed by atoms with Gasteiger partial charge in [0.15, 0.2) is 0 Å². The first-order chi connectivity index (χ1) is 11.9. The molecule has 0 bridgehead atoms. The molecule has 2 aromatic heterocycles. The number of aromatic nitrogens is 4. The third-order valence-corrected chi connectivity index (χ3v) is 5.75. The van der Waals surface area contributed by atoms with Gasteiger partial charge >= 0.3 is 0 Å². The molecule has 1 saturated heterocycles. The smallest absolute Gasteiger partial charge is 0.211 e. The summed E-state index contributed by atoms with van der Waals surface area (Å²) >= 11 is 0. The largest absolute Gasteiger partial charge is 0.263 e. The molecule has 0 amide bonds. The third kappa shape index (κ3) is 3.90. The summed E-state index contributed by atoms with van der Waals surface area (Å²) in [6, 6.07) is 3.58. The van der Waals surface area contributed by atoms with Crippen molar-refractivity contribution in [3.05, 3.63) is 29.8 Å². The van der Waals surface area contributed by atoms with E-state index in [1.807, 2.05) is 23.7 Å². The summed E-state index contributed by atoms with van der Waals surface area (Å²) in [4.78, 5) is 9.29. The number of hydrogen-bond donors (Lipinski definition) is 0. The van der Waals surface area contributed by atoms with E-state index in [2.05, 4.69) is 17.0 Å². The average Bonchev–Trinajstić information content (AvgIpc) is 3.02. The van der Waals surface area contributed by atoms with Crippen LogP contribution >= 0.6 is 0 Å². The lowest BCUT2D eigenvalue weighted by Crippen LogP contribution is -2.38. The lowest BCUT2D eigenvalue weighted by Gasteiger charge is -2.32. The van der Waals surface area contributed by atoms with E-state index in [1.54, 1.807) is 10.5 Å². The molecule has 2 aromatic rings. The van der Waals surface area contributed by atoms with Crippen molar-refractivity contribution in [2.24, 2.45) is 0 Å². The standard InChI is InChI=1S/C17H25N5O2S/c1-4-10-21-15(8-9-18-21)14-12-13(2)19-17(20-14)16-7-5-6-11-22(16)25(3,23)24/h8-9,12,16H,4-7,10-11H2,1-3H3/t16-/m1/s1. The minimum atomic E-state index is -3.28. The van der Waals surface area contributed by atoms with E-state index in [-0.39, 0.29) is 6.04 Å². The van der Waals surface area contributed by atoms with Crippen molar-refractivity contribution < 1.29 is 8.42 Å².